The largest absolute Gasteiger partial charge is 0.323 e. The van der Waals surface area contributed by atoms with Crippen LogP contribution in [0.5, 0.6) is 0 Å². The van der Waals surface area contributed by atoms with Crippen LogP contribution in [-0.2, 0) is 0 Å². The number of hydrogen-bond acceptors (Lipinski definition) is 2. The van der Waals surface area contributed by atoms with E-state index in [0.29, 0.717) is 0 Å². The third kappa shape index (κ3) is 4.46. The second kappa shape index (κ2) is 7.24. The molecule has 0 heterocycles. The summed E-state index contributed by atoms with van der Waals surface area (Å²) in [4.78, 5) is 10.2. The molecule has 0 aromatic heterocycles. The van der Waals surface area contributed by atoms with Crippen molar-refractivity contribution in [2.75, 3.05) is 14.1 Å². The molecule has 12 heavy (non-hydrogen) atoms. The van der Waals surface area contributed by atoms with Gasteiger partial charge < -0.3 is 5.32 Å². The lowest BCUT2D eigenvalue weighted by molar-refractivity contribution is 0.112. The van der Waals surface area contributed by atoms with Crippen molar-refractivity contribution < 1.29 is 4.79 Å². The van der Waals surface area contributed by atoms with Crippen LogP contribution in [0.15, 0.2) is 24.3 Å². The average molecular weight is 277 g/mol. The number of nitrogens with one attached hydrogen (secondary N) is 1. The van der Waals surface area contributed by atoms with E-state index < -0.39 is 0 Å². The molecule has 1 rings (SSSR count). The lowest BCUT2D eigenvalue weighted by atomic mass is 10.2. The third-order valence-electron chi connectivity index (χ3n) is 1.03. The molecule has 0 bridgehead atoms. The first-order chi connectivity index (χ1) is 5.76. The zero-order valence-corrected chi connectivity index (χ0v) is 9.33. The molecule has 1 aromatic rings. The molecular weight excluding hydrogens is 265 g/mol. The van der Waals surface area contributed by atoms with E-state index in [1.54, 1.807) is 6.07 Å². The van der Waals surface area contributed by atoms with Crippen molar-refractivity contribution in [3.05, 3.63) is 33.4 Å². The van der Waals surface area contributed by atoms with E-state index in [1.807, 2.05) is 32.3 Å². The Labute approximate surface area is 86.5 Å². The predicted molar refractivity (Wildman–Crippen MR) is 59.5 cm³/mol. The summed E-state index contributed by atoms with van der Waals surface area (Å²) >= 11 is 2.13. The Hall–Kier alpha value is -0.420. The number of aldehydes is 1. The van der Waals surface area contributed by atoms with Gasteiger partial charge in [0.1, 0.15) is 0 Å². The molecule has 1 N–H and O–H groups in total. The van der Waals surface area contributed by atoms with Crippen molar-refractivity contribution in [1.29, 1.82) is 0 Å². The Bertz CT molecular complexity index is 238. The molecule has 0 aliphatic heterocycles. The van der Waals surface area contributed by atoms with Gasteiger partial charge in [0.15, 0.2) is 6.29 Å². The molecule has 0 spiro atoms. The topological polar surface area (TPSA) is 29.1 Å². The van der Waals surface area contributed by atoms with Crippen molar-refractivity contribution >= 4 is 28.9 Å². The first-order valence-corrected chi connectivity index (χ1v) is 4.62. The van der Waals surface area contributed by atoms with Crippen molar-refractivity contribution in [2.45, 2.75) is 0 Å². The zero-order valence-electron chi connectivity index (χ0n) is 7.17. The highest BCUT2D eigenvalue weighted by Gasteiger charge is 1.91. The number of halogens is 1. The number of hydrogen-bond donors (Lipinski definition) is 1. The second-order valence-corrected chi connectivity index (χ2v) is 3.30. The summed E-state index contributed by atoms with van der Waals surface area (Å²) in [5, 5.41) is 2.75. The lowest BCUT2D eigenvalue weighted by Crippen LogP contribution is -1.89. The van der Waals surface area contributed by atoms with E-state index in [0.717, 1.165) is 15.4 Å². The molecular formula is C9H12INO. The van der Waals surface area contributed by atoms with E-state index in [9.17, 15) is 4.79 Å². The first-order valence-electron chi connectivity index (χ1n) is 3.54. The summed E-state index contributed by atoms with van der Waals surface area (Å²) in [6, 6.07) is 7.47. The van der Waals surface area contributed by atoms with Crippen LogP contribution >= 0.6 is 22.6 Å². The second-order valence-electron chi connectivity index (χ2n) is 2.14. The summed E-state index contributed by atoms with van der Waals surface area (Å²) in [6.07, 6.45) is 0.863. The van der Waals surface area contributed by atoms with Gasteiger partial charge in [-0.3, -0.25) is 4.79 Å². The van der Waals surface area contributed by atoms with Gasteiger partial charge in [0.25, 0.3) is 0 Å². The highest BCUT2D eigenvalue weighted by molar-refractivity contribution is 14.1. The van der Waals surface area contributed by atoms with E-state index in [1.165, 1.54) is 0 Å². The molecule has 0 aliphatic carbocycles. The number of rotatable bonds is 1. The number of carbonyl (C=O) groups is 1. The van der Waals surface area contributed by atoms with Crippen molar-refractivity contribution in [2.24, 2.45) is 0 Å². The zero-order chi connectivity index (χ0) is 9.40. The first kappa shape index (κ1) is 11.6. The van der Waals surface area contributed by atoms with Gasteiger partial charge in [0.2, 0.25) is 0 Å². The summed E-state index contributed by atoms with van der Waals surface area (Å²) in [5.41, 5.74) is 0.762. The molecule has 2 nitrogen and oxygen atoms in total. The van der Waals surface area contributed by atoms with Crippen LogP contribution in [0.2, 0.25) is 0 Å². The summed E-state index contributed by atoms with van der Waals surface area (Å²) in [7, 11) is 3.75. The summed E-state index contributed by atoms with van der Waals surface area (Å²) in [5.74, 6) is 0. The maximum absolute atomic E-state index is 10.2. The normalized spacial score (nSPS) is 8.25. The van der Waals surface area contributed by atoms with E-state index in [4.69, 9.17) is 0 Å². The molecule has 3 heteroatoms. The maximum atomic E-state index is 10.2. The van der Waals surface area contributed by atoms with Gasteiger partial charge in [0.05, 0.1) is 0 Å². The molecule has 0 saturated carbocycles. The van der Waals surface area contributed by atoms with E-state index >= 15 is 0 Å². The number of benzene rings is 1. The Morgan fingerprint density at radius 2 is 1.83 bits per heavy atom. The lowest BCUT2D eigenvalue weighted by Gasteiger charge is -1.90. The highest BCUT2D eigenvalue weighted by atomic mass is 127. The van der Waals surface area contributed by atoms with Gasteiger partial charge in [-0.2, -0.15) is 0 Å². The Morgan fingerprint density at radius 3 is 2.17 bits per heavy atom. The van der Waals surface area contributed by atoms with Crippen LogP contribution in [-0.4, -0.2) is 20.4 Å². The van der Waals surface area contributed by atoms with Crippen molar-refractivity contribution in [3.8, 4) is 0 Å². The van der Waals surface area contributed by atoms with Crippen LogP contribution in [0, 0.1) is 3.57 Å². The molecule has 0 atom stereocenters. The smallest absolute Gasteiger partial charge is 0.151 e. The molecule has 0 fully saturated rings. The SMILES string of the molecule is CNC.O=Cc1ccccc1I. The van der Waals surface area contributed by atoms with Gasteiger partial charge in [-0.25, -0.2) is 0 Å². The fourth-order valence-corrected chi connectivity index (χ4v) is 1.09. The van der Waals surface area contributed by atoms with Crippen molar-refractivity contribution in [3.63, 3.8) is 0 Å². The van der Waals surface area contributed by atoms with Crippen LogP contribution in [0.1, 0.15) is 10.4 Å². The van der Waals surface area contributed by atoms with Crippen LogP contribution in [0.3, 0.4) is 0 Å². The van der Waals surface area contributed by atoms with Gasteiger partial charge in [-0.1, -0.05) is 18.2 Å². The molecule has 0 unspecified atom stereocenters. The highest BCUT2D eigenvalue weighted by Crippen LogP contribution is 2.07. The minimum absolute atomic E-state index is 0.762. The van der Waals surface area contributed by atoms with E-state index in [-0.39, 0.29) is 0 Å². The Kier molecular flexibility index (Phi) is 6.99. The minimum atomic E-state index is 0.762. The third-order valence-corrected chi connectivity index (χ3v) is 2.01. The molecule has 66 valence electrons. The van der Waals surface area contributed by atoms with Crippen LogP contribution in [0.25, 0.3) is 0 Å². The van der Waals surface area contributed by atoms with Crippen molar-refractivity contribution in [1.82, 2.24) is 5.32 Å². The van der Waals surface area contributed by atoms with E-state index in [2.05, 4.69) is 27.9 Å². The Morgan fingerprint density at radius 1 is 1.33 bits per heavy atom. The maximum Gasteiger partial charge on any atom is 0.151 e. The summed E-state index contributed by atoms with van der Waals surface area (Å²) < 4.78 is 1.00. The molecule has 0 radical (unpaired) electrons. The fraction of sp³-hybridized carbons (Fsp3) is 0.222. The van der Waals surface area contributed by atoms with Gasteiger partial charge in [-0.15, -0.1) is 0 Å². The van der Waals surface area contributed by atoms with Crippen LogP contribution in [0.4, 0.5) is 0 Å². The molecule has 0 amide bonds. The fourth-order valence-electron chi connectivity index (χ4n) is 0.571. The van der Waals surface area contributed by atoms with Gasteiger partial charge in [0, 0.05) is 9.13 Å². The predicted octanol–water partition coefficient (Wildman–Crippen LogP) is 1.94. The molecule has 1 aromatic carbocycles. The number of carbonyl (C=O) groups excluding carboxylic acids is 1. The monoisotopic (exact) mass is 277 g/mol. The standard InChI is InChI=1S/C7H5IO.C2H7N/c8-7-4-2-1-3-6(7)5-9;1-3-2/h1-5H;3H,1-2H3. The Balaban J connectivity index is 0.000000354. The van der Waals surface area contributed by atoms with Gasteiger partial charge >= 0.3 is 0 Å². The molecule has 0 saturated heterocycles. The average Bonchev–Trinajstić information content (AvgIpc) is 2.07. The minimum Gasteiger partial charge on any atom is -0.323 e. The summed E-state index contributed by atoms with van der Waals surface area (Å²) in [6.45, 7) is 0. The van der Waals surface area contributed by atoms with Crippen LogP contribution < -0.4 is 5.32 Å². The molecule has 0 aliphatic rings. The quantitative estimate of drug-likeness (QED) is 0.628. The van der Waals surface area contributed by atoms with Gasteiger partial charge in [-0.05, 0) is 42.8 Å².